The summed E-state index contributed by atoms with van der Waals surface area (Å²) in [6.45, 7) is 2.55. The van der Waals surface area contributed by atoms with Crippen LogP contribution in [0.3, 0.4) is 0 Å². The normalized spacial score (nSPS) is 21.0. The van der Waals surface area contributed by atoms with Gasteiger partial charge < -0.3 is 19.2 Å². The Labute approximate surface area is 210 Å². The Kier molecular flexibility index (Phi) is 5.36. The van der Waals surface area contributed by atoms with Gasteiger partial charge in [0.2, 0.25) is 5.84 Å². The fourth-order valence-corrected chi connectivity index (χ4v) is 4.79. The van der Waals surface area contributed by atoms with E-state index in [2.05, 4.69) is 15.2 Å². The van der Waals surface area contributed by atoms with Crippen LogP contribution in [0.25, 0.3) is 11.8 Å². The average molecular weight is 514 g/mol. The number of morpholine rings is 1. The molecule has 8 nitrogen and oxygen atoms in total. The van der Waals surface area contributed by atoms with Gasteiger partial charge in [-0.15, -0.1) is 0 Å². The molecule has 11 heteroatoms. The van der Waals surface area contributed by atoms with Crippen molar-refractivity contribution in [2.24, 2.45) is 5.16 Å². The van der Waals surface area contributed by atoms with Gasteiger partial charge in [0, 0.05) is 0 Å². The van der Waals surface area contributed by atoms with E-state index in [1.807, 2.05) is 36.1 Å². The van der Waals surface area contributed by atoms with Gasteiger partial charge >= 0.3 is 0 Å². The molecule has 2 aliphatic heterocycles. The van der Waals surface area contributed by atoms with Crippen LogP contribution in [0.5, 0.6) is 5.75 Å². The first-order valence-electron chi connectivity index (χ1n) is 11.4. The second-order valence-corrected chi connectivity index (χ2v) is 9.52. The number of ether oxygens (including phenoxy) is 2. The van der Waals surface area contributed by atoms with Crippen molar-refractivity contribution >= 4 is 23.5 Å². The summed E-state index contributed by atoms with van der Waals surface area (Å²) in [6, 6.07) is 7.87. The van der Waals surface area contributed by atoms with Crippen LogP contribution in [0.4, 0.5) is 8.78 Å². The lowest BCUT2D eigenvalue weighted by molar-refractivity contribution is -0.00399. The lowest BCUT2D eigenvalue weighted by Crippen LogP contribution is -2.51. The Hall–Kier alpha value is -3.66. The molecule has 3 aliphatic rings. The number of benzene rings is 2. The van der Waals surface area contributed by atoms with Crippen LogP contribution < -0.4 is 4.74 Å². The Morgan fingerprint density at radius 1 is 1.22 bits per heavy atom. The molecule has 0 bridgehead atoms. The van der Waals surface area contributed by atoms with Crippen molar-refractivity contribution in [3.8, 4) is 11.4 Å². The molecule has 1 unspecified atom stereocenters. The summed E-state index contributed by atoms with van der Waals surface area (Å²) in [7, 11) is 1.59. The predicted molar refractivity (Wildman–Crippen MR) is 128 cm³/mol. The number of hydrogen-bond donors (Lipinski definition) is 0. The van der Waals surface area contributed by atoms with Gasteiger partial charge in [-0.05, 0) is 61.2 Å². The largest absolute Gasteiger partial charge is 0.494 e. The molecule has 1 atom stereocenters. The van der Waals surface area contributed by atoms with E-state index in [4.69, 9.17) is 25.9 Å². The van der Waals surface area contributed by atoms with Crippen molar-refractivity contribution in [2.75, 3.05) is 20.3 Å². The maximum absolute atomic E-state index is 14.2. The SMILES string of the molecule is COc1cc(C=C2OC3(CC3)CN3C2=NOCC3c2cc(F)c(F)c(Cl)c2)ccc1-n1cnc(C)n1. The molecule has 3 aromatic rings. The summed E-state index contributed by atoms with van der Waals surface area (Å²) < 4.78 is 41.6. The molecule has 1 spiro atoms. The van der Waals surface area contributed by atoms with E-state index in [0.29, 0.717) is 35.3 Å². The van der Waals surface area contributed by atoms with E-state index >= 15 is 0 Å². The highest BCUT2D eigenvalue weighted by Gasteiger charge is 2.54. The van der Waals surface area contributed by atoms with Crippen LogP contribution in [0.2, 0.25) is 5.02 Å². The second kappa shape index (κ2) is 8.48. The lowest BCUT2D eigenvalue weighted by atomic mass is 10.0. The van der Waals surface area contributed by atoms with Gasteiger partial charge in [0.25, 0.3) is 0 Å². The number of aromatic nitrogens is 3. The zero-order chi connectivity index (χ0) is 25.0. The fraction of sp³-hybridized carbons (Fsp3) is 0.320. The molecule has 1 saturated carbocycles. The zero-order valence-corrected chi connectivity index (χ0v) is 20.3. The topological polar surface area (TPSA) is 74.0 Å². The molecular formula is C25H22ClF2N5O3. The number of hydrogen-bond acceptors (Lipinski definition) is 7. The minimum Gasteiger partial charge on any atom is -0.494 e. The molecule has 0 amide bonds. The summed E-state index contributed by atoms with van der Waals surface area (Å²) in [6.07, 6.45) is 5.26. The molecule has 3 heterocycles. The van der Waals surface area contributed by atoms with Crippen LogP contribution in [-0.2, 0) is 9.57 Å². The summed E-state index contributed by atoms with van der Waals surface area (Å²) in [5.74, 6) is 0.218. The third-order valence-electron chi connectivity index (χ3n) is 6.59. The standard InChI is InChI=1S/C25H22ClF2N5O3/c1-14-29-13-33(30-14)19-4-3-15(7-21(19)34-2)8-22-24-31-35-11-20(32(24)12-25(36-22)5-6-25)16-9-17(26)23(28)18(27)10-16/h3-4,7-10,13,20H,5-6,11-12H2,1-2H3. The number of oxime groups is 1. The van der Waals surface area contributed by atoms with E-state index in [0.717, 1.165) is 30.2 Å². The van der Waals surface area contributed by atoms with Crippen LogP contribution in [0.15, 0.2) is 47.6 Å². The van der Waals surface area contributed by atoms with E-state index in [1.54, 1.807) is 18.1 Å². The Morgan fingerprint density at radius 3 is 2.75 bits per heavy atom. The summed E-state index contributed by atoms with van der Waals surface area (Å²) in [5, 5.41) is 8.35. The molecule has 1 aromatic heterocycles. The third-order valence-corrected chi connectivity index (χ3v) is 6.87. The Bertz CT molecular complexity index is 1400. The summed E-state index contributed by atoms with van der Waals surface area (Å²) in [5.41, 5.74) is 1.72. The molecule has 1 aliphatic carbocycles. The molecule has 0 radical (unpaired) electrons. The number of amidine groups is 1. The van der Waals surface area contributed by atoms with Crippen LogP contribution in [0, 0.1) is 18.6 Å². The average Bonchev–Trinajstić information content (AvgIpc) is 3.47. The Morgan fingerprint density at radius 2 is 2.06 bits per heavy atom. The molecule has 186 valence electrons. The number of fused-ring (bicyclic) bond motifs is 1. The van der Waals surface area contributed by atoms with Gasteiger partial charge in [0.1, 0.15) is 35.8 Å². The smallest absolute Gasteiger partial charge is 0.211 e. The van der Waals surface area contributed by atoms with Gasteiger partial charge in [-0.3, -0.25) is 0 Å². The monoisotopic (exact) mass is 513 g/mol. The van der Waals surface area contributed by atoms with Gasteiger partial charge in [-0.1, -0.05) is 22.8 Å². The molecule has 36 heavy (non-hydrogen) atoms. The minimum atomic E-state index is -1.06. The molecular weight excluding hydrogens is 492 g/mol. The first kappa shape index (κ1) is 22.8. The molecule has 1 saturated heterocycles. The fourth-order valence-electron chi connectivity index (χ4n) is 4.58. The summed E-state index contributed by atoms with van der Waals surface area (Å²) >= 11 is 5.94. The number of nitrogens with zero attached hydrogens (tertiary/aromatic N) is 5. The number of halogens is 3. The van der Waals surface area contributed by atoms with E-state index < -0.39 is 17.7 Å². The predicted octanol–water partition coefficient (Wildman–Crippen LogP) is 4.81. The van der Waals surface area contributed by atoms with Crippen molar-refractivity contribution in [1.29, 1.82) is 0 Å². The molecule has 2 fully saturated rings. The van der Waals surface area contributed by atoms with Crippen molar-refractivity contribution in [1.82, 2.24) is 19.7 Å². The first-order chi connectivity index (χ1) is 17.4. The second-order valence-electron chi connectivity index (χ2n) is 9.11. The van der Waals surface area contributed by atoms with Crippen molar-refractivity contribution in [3.05, 3.63) is 76.0 Å². The van der Waals surface area contributed by atoms with Gasteiger partial charge in [-0.2, -0.15) is 5.10 Å². The van der Waals surface area contributed by atoms with E-state index in [1.165, 1.54) is 6.07 Å². The highest BCUT2D eigenvalue weighted by atomic mass is 35.5. The van der Waals surface area contributed by atoms with Crippen molar-refractivity contribution < 1.29 is 23.1 Å². The molecule has 2 aromatic carbocycles. The quantitative estimate of drug-likeness (QED) is 0.466. The number of rotatable bonds is 4. The van der Waals surface area contributed by atoms with Gasteiger partial charge in [0.05, 0.1) is 24.7 Å². The van der Waals surface area contributed by atoms with Crippen LogP contribution >= 0.6 is 11.6 Å². The third kappa shape index (κ3) is 3.95. The lowest BCUT2D eigenvalue weighted by Gasteiger charge is -2.43. The highest BCUT2D eigenvalue weighted by Crippen LogP contribution is 2.48. The number of aryl methyl sites for hydroxylation is 1. The maximum Gasteiger partial charge on any atom is 0.211 e. The van der Waals surface area contributed by atoms with Crippen LogP contribution in [-0.4, -0.2) is 51.4 Å². The van der Waals surface area contributed by atoms with E-state index in [9.17, 15) is 8.78 Å². The minimum absolute atomic E-state index is 0.175. The van der Waals surface area contributed by atoms with Crippen molar-refractivity contribution in [3.63, 3.8) is 0 Å². The van der Waals surface area contributed by atoms with Gasteiger partial charge in [-0.25, -0.2) is 18.4 Å². The Balaban J connectivity index is 1.37. The zero-order valence-electron chi connectivity index (χ0n) is 19.5. The van der Waals surface area contributed by atoms with E-state index in [-0.39, 0.29) is 17.2 Å². The van der Waals surface area contributed by atoms with Crippen LogP contribution in [0.1, 0.15) is 35.8 Å². The maximum atomic E-state index is 14.2. The first-order valence-corrected chi connectivity index (χ1v) is 11.8. The molecule has 0 N–H and O–H groups in total. The summed E-state index contributed by atoms with van der Waals surface area (Å²) in [4.78, 5) is 11.7. The highest BCUT2D eigenvalue weighted by molar-refractivity contribution is 6.30. The van der Waals surface area contributed by atoms with Gasteiger partial charge in [0.15, 0.2) is 17.4 Å². The number of methoxy groups -OCH3 is 1. The molecule has 6 rings (SSSR count). The van der Waals surface area contributed by atoms with Crippen molar-refractivity contribution in [2.45, 2.75) is 31.4 Å².